The number of morpholine rings is 1. The largest absolute Gasteiger partial charge is 0.379 e. The minimum Gasteiger partial charge on any atom is -0.379 e. The molecule has 23 heavy (non-hydrogen) atoms. The second-order valence-electron chi connectivity index (χ2n) is 6.44. The zero-order valence-electron chi connectivity index (χ0n) is 14.1. The fourth-order valence-electron chi connectivity index (χ4n) is 3.32. The summed E-state index contributed by atoms with van der Waals surface area (Å²) < 4.78 is 7.12. The van der Waals surface area contributed by atoms with Gasteiger partial charge in [0.25, 0.3) is 0 Å². The quantitative estimate of drug-likeness (QED) is 0.904. The average Bonchev–Trinajstić information content (AvgIpc) is 3.15. The first kappa shape index (κ1) is 16.3. The Hall–Kier alpha value is -1.60. The topological polar surface area (TPSA) is 62.6 Å². The lowest BCUT2D eigenvalue weighted by atomic mass is 10.1. The number of carbonyl (C=O) groups excluding carboxylic acids is 1. The van der Waals surface area contributed by atoms with E-state index in [1.54, 1.807) is 4.68 Å². The zero-order valence-corrected chi connectivity index (χ0v) is 14.1. The fraction of sp³-hybridized carbons (Fsp3) is 0.750. The summed E-state index contributed by atoms with van der Waals surface area (Å²) in [4.78, 5) is 16.8. The van der Waals surface area contributed by atoms with Gasteiger partial charge in [-0.15, -0.1) is 0 Å². The first-order valence-electron chi connectivity index (χ1n) is 8.54. The number of rotatable bonds is 4. The van der Waals surface area contributed by atoms with E-state index in [-0.39, 0.29) is 6.03 Å². The van der Waals surface area contributed by atoms with Crippen molar-refractivity contribution in [2.75, 3.05) is 51.3 Å². The van der Waals surface area contributed by atoms with Crippen molar-refractivity contribution in [3.8, 4) is 0 Å². The first-order valence-corrected chi connectivity index (χ1v) is 8.54. The van der Waals surface area contributed by atoms with Crippen LogP contribution < -0.4 is 5.32 Å². The van der Waals surface area contributed by atoms with Crippen LogP contribution in [0.2, 0.25) is 0 Å². The van der Waals surface area contributed by atoms with Crippen LogP contribution in [0, 0.1) is 5.92 Å². The molecule has 1 unspecified atom stereocenters. The Labute approximate surface area is 137 Å². The Morgan fingerprint density at radius 1 is 1.39 bits per heavy atom. The van der Waals surface area contributed by atoms with Crippen molar-refractivity contribution in [3.63, 3.8) is 0 Å². The number of hydrogen-bond donors (Lipinski definition) is 1. The molecule has 3 heterocycles. The maximum atomic E-state index is 12.4. The maximum Gasteiger partial charge on any atom is 0.323 e. The second kappa shape index (κ2) is 7.31. The van der Waals surface area contributed by atoms with Crippen LogP contribution in [0.3, 0.4) is 0 Å². The summed E-state index contributed by atoms with van der Waals surface area (Å²) in [5.41, 5.74) is 0.995. The summed E-state index contributed by atoms with van der Waals surface area (Å²) in [5, 5.41) is 7.35. The highest BCUT2D eigenvalue weighted by Gasteiger charge is 2.28. The van der Waals surface area contributed by atoms with Gasteiger partial charge in [-0.05, 0) is 18.8 Å². The number of ether oxygens (including phenoxy) is 1. The van der Waals surface area contributed by atoms with E-state index in [0.29, 0.717) is 5.92 Å². The molecule has 2 amide bonds. The SMILES string of the molecule is CCc1cc(NC(=O)N2CCC(CN3CCOCC3)C2)n(C)n1. The number of amides is 2. The van der Waals surface area contributed by atoms with Crippen molar-refractivity contribution in [1.29, 1.82) is 0 Å². The van der Waals surface area contributed by atoms with E-state index in [1.807, 2.05) is 18.0 Å². The Bertz CT molecular complexity index is 539. The molecule has 1 aromatic heterocycles. The van der Waals surface area contributed by atoms with Gasteiger partial charge >= 0.3 is 6.03 Å². The predicted octanol–water partition coefficient (Wildman–Crippen LogP) is 1.17. The number of carbonyl (C=O) groups is 1. The molecule has 2 aliphatic rings. The summed E-state index contributed by atoms with van der Waals surface area (Å²) >= 11 is 0. The molecule has 1 aromatic rings. The number of hydrogen-bond acceptors (Lipinski definition) is 4. The molecule has 0 aromatic carbocycles. The highest BCUT2D eigenvalue weighted by atomic mass is 16.5. The van der Waals surface area contributed by atoms with E-state index >= 15 is 0 Å². The van der Waals surface area contributed by atoms with Gasteiger partial charge in [-0.25, -0.2) is 4.79 Å². The molecular formula is C16H27N5O2. The molecule has 0 saturated carbocycles. The van der Waals surface area contributed by atoms with Crippen molar-refractivity contribution in [2.45, 2.75) is 19.8 Å². The van der Waals surface area contributed by atoms with Gasteiger partial charge in [0.1, 0.15) is 5.82 Å². The summed E-state index contributed by atoms with van der Waals surface area (Å²) in [6.45, 7) is 8.48. The molecule has 7 nitrogen and oxygen atoms in total. The molecule has 2 saturated heterocycles. The molecule has 0 radical (unpaired) electrons. The third kappa shape index (κ3) is 4.03. The molecule has 128 valence electrons. The molecule has 1 atom stereocenters. The lowest BCUT2D eigenvalue weighted by Crippen LogP contribution is -2.40. The van der Waals surface area contributed by atoms with Crippen molar-refractivity contribution in [2.24, 2.45) is 13.0 Å². The van der Waals surface area contributed by atoms with Crippen molar-refractivity contribution >= 4 is 11.8 Å². The lowest BCUT2D eigenvalue weighted by Gasteiger charge is -2.29. The summed E-state index contributed by atoms with van der Waals surface area (Å²) in [7, 11) is 1.86. The van der Waals surface area contributed by atoms with Crippen molar-refractivity contribution in [1.82, 2.24) is 19.6 Å². The number of likely N-dealkylation sites (tertiary alicyclic amines) is 1. The Morgan fingerprint density at radius 2 is 2.17 bits per heavy atom. The lowest BCUT2D eigenvalue weighted by molar-refractivity contribution is 0.0314. The van der Waals surface area contributed by atoms with Crippen molar-refractivity contribution < 1.29 is 9.53 Å². The third-order valence-electron chi connectivity index (χ3n) is 4.72. The number of anilines is 1. The van der Waals surface area contributed by atoms with E-state index in [9.17, 15) is 4.79 Å². The van der Waals surface area contributed by atoms with Gasteiger partial charge in [0.2, 0.25) is 0 Å². The van der Waals surface area contributed by atoms with Gasteiger partial charge in [-0.3, -0.25) is 14.9 Å². The molecule has 7 heteroatoms. The normalized spacial score (nSPS) is 22.5. The maximum absolute atomic E-state index is 12.4. The van der Waals surface area contributed by atoms with E-state index in [2.05, 4.69) is 22.2 Å². The predicted molar refractivity (Wildman–Crippen MR) is 88.5 cm³/mol. The number of nitrogens with one attached hydrogen (secondary N) is 1. The Balaban J connectivity index is 1.49. The molecule has 1 N–H and O–H groups in total. The first-order chi connectivity index (χ1) is 11.2. The van der Waals surface area contributed by atoms with E-state index in [4.69, 9.17) is 4.74 Å². The van der Waals surface area contributed by atoms with Crippen molar-refractivity contribution in [3.05, 3.63) is 11.8 Å². The van der Waals surface area contributed by atoms with E-state index in [1.165, 1.54) is 0 Å². The van der Waals surface area contributed by atoms with Crippen LogP contribution in [0.15, 0.2) is 6.07 Å². The zero-order chi connectivity index (χ0) is 16.2. The monoisotopic (exact) mass is 321 g/mol. The van der Waals surface area contributed by atoms with Crippen LogP contribution in [0.4, 0.5) is 10.6 Å². The molecule has 0 aliphatic carbocycles. The van der Waals surface area contributed by atoms with Crippen LogP contribution in [0.25, 0.3) is 0 Å². The van der Waals surface area contributed by atoms with Gasteiger partial charge < -0.3 is 9.64 Å². The average molecular weight is 321 g/mol. The molecular weight excluding hydrogens is 294 g/mol. The Morgan fingerprint density at radius 3 is 2.87 bits per heavy atom. The third-order valence-corrected chi connectivity index (χ3v) is 4.72. The molecule has 2 aliphatic heterocycles. The fourth-order valence-corrected chi connectivity index (χ4v) is 3.32. The summed E-state index contributed by atoms with van der Waals surface area (Å²) in [5.74, 6) is 1.33. The smallest absolute Gasteiger partial charge is 0.323 e. The van der Waals surface area contributed by atoms with E-state index < -0.39 is 0 Å². The number of aromatic nitrogens is 2. The van der Waals surface area contributed by atoms with Gasteiger partial charge in [0.05, 0.1) is 18.9 Å². The molecule has 3 rings (SSSR count). The summed E-state index contributed by atoms with van der Waals surface area (Å²) in [6.07, 6.45) is 1.95. The molecule has 0 spiro atoms. The highest BCUT2D eigenvalue weighted by molar-refractivity contribution is 5.88. The van der Waals surface area contributed by atoms with Gasteiger partial charge in [0, 0.05) is 45.8 Å². The van der Waals surface area contributed by atoms with Crippen LogP contribution in [-0.2, 0) is 18.2 Å². The van der Waals surface area contributed by atoms with Gasteiger partial charge in [0.15, 0.2) is 0 Å². The number of nitrogens with zero attached hydrogens (tertiary/aromatic N) is 4. The van der Waals surface area contributed by atoms with Crippen LogP contribution >= 0.6 is 0 Å². The molecule has 0 bridgehead atoms. The van der Waals surface area contributed by atoms with Gasteiger partial charge in [-0.1, -0.05) is 6.92 Å². The number of aryl methyl sites for hydroxylation is 2. The second-order valence-corrected chi connectivity index (χ2v) is 6.44. The van der Waals surface area contributed by atoms with Gasteiger partial charge in [-0.2, -0.15) is 5.10 Å². The van der Waals surface area contributed by atoms with Crippen LogP contribution in [0.1, 0.15) is 19.0 Å². The minimum absolute atomic E-state index is 0.0138. The Kier molecular flexibility index (Phi) is 5.17. The molecule has 2 fully saturated rings. The summed E-state index contributed by atoms with van der Waals surface area (Å²) in [6, 6.07) is 1.93. The highest BCUT2D eigenvalue weighted by Crippen LogP contribution is 2.19. The standard InChI is InChI=1S/C16H27N5O2/c1-3-14-10-15(19(2)18-14)17-16(22)21-5-4-13(12-21)11-20-6-8-23-9-7-20/h10,13H,3-9,11-12H2,1-2H3,(H,17,22). The van der Waals surface area contributed by atoms with Crippen LogP contribution in [0.5, 0.6) is 0 Å². The van der Waals surface area contributed by atoms with Crippen LogP contribution in [-0.4, -0.2) is 71.5 Å². The minimum atomic E-state index is -0.0138. The van der Waals surface area contributed by atoms with E-state index in [0.717, 1.165) is 70.3 Å². The number of urea groups is 1.